The molecule has 7 rings (SSSR count). The highest BCUT2D eigenvalue weighted by Crippen LogP contribution is 2.74. The molecule has 1 aromatic heterocycles. The first kappa shape index (κ1) is 31.9. The van der Waals surface area contributed by atoms with Crippen molar-refractivity contribution >= 4 is 24.0 Å². The summed E-state index contributed by atoms with van der Waals surface area (Å²) in [5.41, 5.74) is 2.36. The second-order valence-corrected chi connectivity index (χ2v) is 14.7. The van der Waals surface area contributed by atoms with E-state index >= 15 is 0 Å². The SMILES string of the molecule is COC(=O)C[C@H]1[C@]2(C)C3=C(C)[C@H](c4ccoc4)C[C@H]3O[C@@H]2[C@@H]2OC[C@@]3(C)[C@@H]2[C@]1(C)[C@@H](OC(=O)/C=C/c1ccccc1)C[C@H]3OC(C)=O. The van der Waals surface area contributed by atoms with E-state index in [4.69, 9.17) is 28.1 Å². The van der Waals surface area contributed by atoms with Gasteiger partial charge in [0.1, 0.15) is 12.2 Å². The fourth-order valence-electron chi connectivity index (χ4n) is 10.6. The highest BCUT2D eigenvalue weighted by Gasteiger charge is 2.78. The maximum Gasteiger partial charge on any atom is 0.331 e. The smallest absolute Gasteiger partial charge is 0.331 e. The second-order valence-electron chi connectivity index (χ2n) is 14.7. The van der Waals surface area contributed by atoms with E-state index in [1.165, 1.54) is 31.3 Å². The number of carbonyl (C=O) groups is 3. The molecule has 2 saturated carbocycles. The number of furan rings is 1. The maximum absolute atomic E-state index is 13.6. The molecule has 5 aliphatic rings. The summed E-state index contributed by atoms with van der Waals surface area (Å²) in [6, 6.07) is 11.5. The van der Waals surface area contributed by atoms with Gasteiger partial charge in [0.15, 0.2) is 0 Å². The van der Waals surface area contributed by atoms with Gasteiger partial charge in [-0.3, -0.25) is 9.59 Å². The Balaban J connectivity index is 1.36. The monoisotopic (exact) mass is 644 g/mol. The lowest BCUT2D eigenvalue weighted by atomic mass is 9.40. The van der Waals surface area contributed by atoms with Crippen LogP contribution >= 0.6 is 0 Å². The van der Waals surface area contributed by atoms with Crippen molar-refractivity contribution in [1.29, 1.82) is 0 Å². The van der Waals surface area contributed by atoms with Crippen molar-refractivity contribution in [2.24, 2.45) is 28.1 Å². The van der Waals surface area contributed by atoms with Crippen LogP contribution in [0, 0.1) is 28.1 Å². The average Bonchev–Trinajstić information content (AvgIpc) is 3.82. The van der Waals surface area contributed by atoms with Crippen LogP contribution in [0.15, 0.2) is 70.6 Å². The molecule has 2 aromatic rings. The minimum absolute atomic E-state index is 0.106. The summed E-state index contributed by atoms with van der Waals surface area (Å²) < 4.78 is 37.0. The van der Waals surface area contributed by atoms with E-state index in [9.17, 15) is 14.4 Å². The fourth-order valence-corrected chi connectivity index (χ4v) is 10.6. The lowest BCUT2D eigenvalue weighted by Gasteiger charge is -2.65. The molecule has 3 aliphatic carbocycles. The summed E-state index contributed by atoms with van der Waals surface area (Å²) >= 11 is 0. The molecule has 2 saturated heterocycles. The number of hydrogen-bond donors (Lipinski definition) is 0. The van der Waals surface area contributed by atoms with Gasteiger partial charge >= 0.3 is 17.9 Å². The summed E-state index contributed by atoms with van der Waals surface area (Å²) in [5.74, 6) is -1.70. The van der Waals surface area contributed by atoms with Crippen LogP contribution in [0.3, 0.4) is 0 Å². The number of esters is 3. The van der Waals surface area contributed by atoms with Crippen LogP contribution in [0.4, 0.5) is 0 Å². The van der Waals surface area contributed by atoms with Gasteiger partial charge in [-0.25, -0.2) is 4.79 Å². The molecule has 0 bridgehead atoms. The van der Waals surface area contributed by atoms with Crippen LogP contribution in [0.5, 0.6) is 0 Å². The van der Waals surface area contributed by atoms with Gasteiger partial charge in [0.2, 0.25) is 0 Å². The molecule has 2 aliphatic heterocycles. The first-order chi connectivity index (χ1) is 22.4. The molecule has 11 atom stereocenters. The van der Waals surface area contributed by atoms with Crippen molar-refractivity contribution in [3.05, 3.63) is 77.3 Å². The van der Waals surface area contributed by atoms with Gasteiger partial charge < -0.3 is 28.1 Å². The molecule has 3 heterocycles. The molecule has 1 aromatic carbocycles. The normalized spacial score (nSPS) is 40.1. The van der Waals surface area contributed by atoms with E-state index < -0.39 is 40.4 Å². The largest absolute Gasteiger partial charge is 0.472 e. The standard InChI is InChI=1S/C38H44O9/c1-21-25(24-14-15-43-19-24)16-26-32(21)38(5)27(17-31(41)42-6)37(4)29(47-30(40)13-12-23-10-8-7-9-11-23)18-28(45-22(2)39)36(3)20-44-33(34(36)37)35(38)46-26/h7-15,19,25-29,33-35H,16-18,20H2,1-6H3/b13-12+/t25-,26-,27-,28-,29+,33-,34-,35-,36-,37+,38-/m1/s1. The number of hydrogen-bond acceptors (Lipinski definition) is 9. The number of ether oxygens (including phenoxy) is 5. The highest BCUT2D eigenvalue weighted by molar-refractivity contribution is 5.87. The summed E-state index contributed by atoms with van der Waals surface area (Å²) in [7, 11) is 1.41. The predicted octanol–water partition coefficient (Wildman–Crippen LogP) is 6.04. The number of benzene rings is 1. The number of rotatable bonds is 7. The highest BCUT2D eigenvalue weighted by atomic mass is 16.6. The molecule has 250 valence electrons. The van der Waals surface area contributed by atoms with Gasteiger partial charge in [-0.1, -0.05) is 56.7 Å². The molecule has 9 nitrogen and oxygen atoms in total. The second kappa shape index (κ2) is 11.5. The quantitative estimate of drug-likeness (QED) is 0.154. The Labute approximate surface area is 275 Å². The van der Waals surface area contributed by atoms with Gasteiger partial charge in [0.25, 0.3) is 0 Å². The summed E-state index contributed by atoms with van der Waals surface area (Å²) in [5, 5.41) is 0. The van der Waals surface area contributed by atoms with Crippen LogP contribution in [0.25, 0.3) is 6.08 Å². The Kier molecular flexibility index (Phi) is 7.79. The van der Waals surface area contributed by atoms with Crippen LogP contribution in [0.1, 0.15) is 70.9 Å². The molecule has 0 radical (unpaired) electrons. The Morgan fingerprint density at radius 1 is 1.02 bits per heavy atom. The molecule has 0 unspecified atom stereocenters. The minimum atomic E-state index is -0.776. The maximum atomic E-state index is 13.6. The van der Waals surface area contributed by atoms with Crippen molar-refractivity contribution in [3.63, 3.8) is 0 Å². The lowest BCUT2D eigenvalue weighted by Crippen LogP contribution is -2.71. The van der Waals surface area contributed by atoms with Crippen LogP contribution in [0.2, 0.25) is 0 Å². The lowest BCUT2D eigenvalue weighted by molar-refractivity contribution is -0.251. The Morgan fingerprint density at radius 2 is 1.79 bits per heavy atom. The number of carbonyl (C=O) groups excluding carboxylic acids is 3. The zero-order valence-corrected chi connectivity index (χ0v) is 27.9. The van der Waals surface area contributed by atoms with E-state index in [1.807, 2.05) is 36.4 Å². The van der Waals surface area contributed by atoms with Crippen molar-refractivity contribution < 1.29 is 42.5 Å². The Hall–Kier alpha value is -3.69. The average molecular weight is 645 g/mol. The summed E-state index contributed by atoms with van der Waals surface area (Å²) in [4.78, 5) is 39.5. The molecule has 0 spiro atoms. The molecule has 0 N–H and O–H groups in total. The zero-order chi connectivity index (χ0) is 33.3. The molecule has 4 fully saturated rings. The molecule has 0 amide bonds. The van der Waals surface area contributed by atoms with E-state index in [-0.39, 0.29) is 54.9 Å². The van der Waals surface area contributed by atoms with E-state index in [0.29, 0.717) is 6.61 Å². The van der Waals surface area contributed by atoms with Gasteiger partial charge in [0.05, 0.1) is 44.6 Å². The summed E-state index contributed by atoms with van der Waals surface area (Å²) in [6.07, 6.45) is 5.65. The molecular formula is C38H44O9. The number of fused-ring (bicyclic) bond motifs is 4. The van der Waals surface area contributed by atoms with Crippen LogP contribution < -0.4 is 0 Å². The predicted molar refractivity (Wildman–Crippen MR) is 171 cm³/mol. The number of methoxy groups -OCH3 is 1. The topological polar surface area (TPSA) is 111 Å². The van der Waals surface area contributed by atoms with Crippen molar-refractivity contribution in [1.82, 2.24) is 0 Å². The van der Waals surface area contributed by atoms with Crippen molar-refractivity contribution in [3.8, 4) is 0 Å². The first-order valence-electron chi connectivity index (χ1n) is 16.6. The van der Waals surface area contributed by atoms with Crippen LogP contribution in [-0.2, 0) is 38.1 Å². The van der Waals surface area contributed by atoms with Gasteiger partial charge in [-0.2, -0.15) is 0 Å². The zero-order valence-electron chi connectivity index (χ0n) is 27.9. The van der Waals surface area contributed by atoms with Crippen LogP contribution in [-0.4, -0.2) is 62.1 Å². The third kappa shape index (κ3) is 4.75. The molecule has 47 heavy (non-hydrogen) atoms. The van der Waals surface area contributed by atoms with Gasteiger partial charge in [-0.15, -0.1) is 0 Å². The van der Waals surface area contributed by atoms with E-state index in [0.717, 1.165) is 17.5 Å². The van der Waals surface area contributed by atoms with Crippen molar-refractivity contribution in [2.75, 3.05) is 13.7 Å². The third-order valence-corrected chi connectivity index (χ3v) is 12.5. The Bertz CT molecular complexity index is 1610. The van der Waals surface area contributed by atoms with E-state index in [1.54, 1.807) is 18.6 Å². The minimum Gasteiger partial charge on any atom is -0.472 e. The number of allylic oxidation sites excluding steroid dienone is 1. The van der Waals surface area contributed by atoms with Crippen molar-refractivity contribution in [2.45, 2.75) is 90.3 Å². The molecular weight excluding hydrogens is 600 g/mol. The first-order valence-corrected chi connectivity index (χ1v) is 16.6. The summed E-state index contributed by atoms with van der Waals surface area (Å²) in [6.45, 7) is 10.4. The third-order valence-electron chi connectivity index (χ3n) is 12.5. The van der Waals surface area contributed by atoms with Gasteiger partial charge in [0, 0.05) is 53.9 Å². The van der Waals surface area contributed by atoms with Gasteiger partial charge in [-0.05, 0) is 48.1 Å². The molecule has 9 heteroatoms. The van der Waals surface area contributed by atoms with E-state index in [2.05, 4.69) is 27.7 Å². The Morgan fingerprint density at radius 3 is 2.47 bits per heavy atom. The fraction of sp³-hybridized carbons (Fsp3) is 0.553.